The van der Waals surface area contributed by atoms with E-state index in [-0.39, 0.29) is 10.2 Å². The number of hydrogen-bond donors (Lipinski definition) is 1. The van der Waals surface area contributed by atoms with Crippen molar-refractivity contribution in [1.82, 2.24) is 5.32 Å². The Labute approximate surface area is 97.3 Å². The molecule has 0 radical (unpaired) electrons. The molecule has 1 aromatic carbocycles. The quantitative estimate of drug-likeness (QED) is 0.623. The molecular formula is C9H4BrFN2O3. The molecule has 5 nitrogen and oxygen atoms in total. The predicted octanol–water partition coefficient (Wildman–Crippen LogP) is 1.17. The van der Waals surface area contributed by atoms with Gasteiger partial charge < -0.3 is 0 Å². The summed E-state index contributed by atoms with van der Waals surface area (Å²) in [5.74, 6) is -2.50. The van der Waals surface area contributed by atoms with Crippen LogP contribution in [0.1, 0.15) is 0 Å². The number of imide groups is 2. The lowest BCUT2D eigenvalue weighted by atomic mass is 10.3. The third kappa shape index (κ3) is 1.58. The van der Waals surface area contributed by atoms with Gasteiger partial charge in [-0.3, -0.25) is 14.9 Å². The lowest BCUT2D eigenvalue weighted by Crippen LogP contribution is -2.30. The fourth-order valence-corrected chi connectivity index (χ4v) is 1.63. The second-order valence-corrected chi connectivity index (χ2v) is 3.85. The molecule has 0 saturated carbocycles. The summed E-state index contributed by atoms with van der Waals surface area (Å²) in [6, 6.07) is 2.72. The highest BCUT2D eigenvalue weighted by Crippen LogP contribution is 2.24. The summed E-state index contributed by atoms with van der Waals surface area (Å²) >= 11 is 2.92. The number of nitrogens with zero attached hydrogens (tertiary/aromatic N) is 1. The fraction of sp³-hybridized carbons (Fsp3) is 0. The van der Waals surface area contributed by atoms with E-state index in [2.05, 4.69) is 15.9 Å². The summed E-state index contributed by atoms with van der Waals surface area (Å²) in [6.45, 7) is 0. The zero-order chi connectivity index (χ0) is 11.9. The van der Waals surface area contributed by atoms with Gasteiger partial charge in [0, 0.05) is 0 Å². The molecular weight excluding hydrogens is 283 g/mol. The number of rotatable bonds is 1. The Balaban J connectivity index is 2.45. The van der Waals surface area contributed by atoms with Gasteiger partial charge in [-0.25, -0.2) is 14.1 Å². The third-order valence-corrected chi connectivity index (χ3v) is 2.59. The standard InChI is InChI=1S/C9H4BrFN2O3/c10-5-3-4(1-2-6(5)11)13-8(15)7(14)12-9(13)16/h1-3H,(H,12,14,16). The van der Waals surface area contributed by atoms with Crippen molar-refractivity contribution in [1.29, 1.82) is 0 Å². The first-order chi connectivity index (χ1) is 7.50. The average molecular weight is 287 g/mol. The molecule has 1 N–H and O–H groups in total. The summed E-state index contributed by atoms with van der Waals surface area (Å²) in [7, 11) is 0. The minimum absolute atomic E-state index is 0.102. The second kappa shape index (κ2) is 3.67. The lowest BCUT2D eigenvalue weighted by Gasteiger charge is -2.11. The van der Waals surface area contributed by atoms with E-state index in [1.165, 1.54) is 12.1 Å². The number of benzene rings is 1. The molecule has 0 spiro atoms. The van der Waals surface area contributed by atoms with Crippen molar-refractivity contribution in [2.45, 2.75) is 0 Å². The first kappa shape index (κ1) is 10.7. The number of carbonyl (C=O) groups excluding carboxylic acids is 3. The van der Waals surface area contributed by atoms with E-state index in [4.69, 9.17) is 0 Å². The molecule has 1 aromatic rings. The van der Waals surface area contributed by atoms with Gasteiger partial charge >= 0.3 is 17.8 Å². The van der Waals surface area contributed by atoms with Crippen molar-refractivity contribution in [2.24, 2.45) is 0 Å². The third-order valence-electron chi connectivity index (χ3n) is 1.98. The monoisotopic (exact) mass is 286 g/mol. The van der Waals surface area contributed by atoms with Gasteiger partial charge in [-0.05, 0) is 34.1 Å². The molecule has 0 unspecified atom stereocenters. The van der Waals surface area contributed by atoms with Crippen molar-refractivity contribution >= 4 is 39.5 Å². The number of hydrogen-bond acceptors (Lipinski definition) is 3. The molecule has 4 amide bonds. The summed E-state index contributed by atoms with van der Waals surface area (Å²) in [5.41, 5.74) is 0.127. The highest BCUT2D eigenvalue weighted by molar-refractivity contribution is 9.10. The highest BCUT2D eigenvalue weighted by atomic mass is 79.9. The van der Waals surface area contributed by atoms with Gasteiger partial charge in [-0.2, -0.15) is 0 Å². The first-order valence-electron chi connectivity index (χ1n) is 4.15. The van der Waals surface area contributed by atoms with Crippen molar-refractivity contribution in [3.63, 3.8) is 0 Å². The summed E-state index contributed by atoms with van der Waals surface area (Å²) in [5, 5.41) is 1.84. The fourth-order valence-electron chi connectivity index (χ4n) is 1.26. The summed E-state index contributed by atoms with van der Waals surface area (Å²) in [4.78, 5) is 34.1. The molecule has 0 atom stereocenters. The van der Waals surface area contributed by atoms with Crippen LogP contribution in [-0.2, 0) is 9.59 Å². The van der Waals surface area contributed by atoms with Crippen LogP contribution in [-0.4, -0.2) is 17.8 Å². The maximum absolute atomic E-state index is 12.9. The van der Waals surface area contributed by atoms with Crippen LogP contribution in [0.5, 0.6) is 0 Å². The van der Waals surface area contributed by atoms with Gasteiger partial charge in [0.15, 0.2) is 0 Å². The van der Waals surface area contributed by atoms with Gasteiger partial charge in [-0.15, -0.1) is 0 Å². The van der Waals surface area contributed by atoms with E-state index in [1.54, 1.807) is 0 Å². The van der Waals surface area contributed by atoms with E-state index >= 15 is 0 Å². The molecule has 16 heavy (non-hydrogen) atoms. The Bertz CT molecular complexity index is 517. The number of urea groups is 1. The normalized spacial score (nSPS) is 15.6. The molecule has 82 valence electrons. The van der Waals surface area contributed by atoms with Crippen molar-refractivity contribution in [3.05, 3.63) is 28.5 Å². The number of anilines is 1. The van der Waals surface area contributed by atoms with Crippen molar-refractivity contribution in [2.75, 3.05) is 4.90 Å². The molecule has 1 heterocycles. The lowest BCUT2D eigenvalue weighted by molar-refractivity contribution is -0.134. The van der Waals surface area contributed by atoms with Crippen LogP contribution in [0, 0.1) is 5.82 Å². The molecule has 1 aliphatic heterocycles. The van der Waals surface area contributed by atoms with Crippen molar-refractivity contribution < 1.29 is 18.8 Å². The van der Waals surface area contributed by atoms with Crippen LogP contribution in [0.4, 0.5) is 14.9 Å². The van der Waals surface area contributed by atoms with E-state index in [0.29, 0.717) is 4.90 Å². The highest BCUT2D eigenvalue weighted by Gasteiger charge is 2.38. The SMILES string of the molecule is O=C1NC(=O)N(c2ccc(F)c(Br)c2)C1=O. The van der Waals surface area contributed by atoms with Crippen molar-refractivity contribution in [3.8, 4) is 0 Å². The van der Waals surface area contributed by atoms with Crippen LogP contribution in [0.15, 0.2) is 22.7 Å². The van der Waals surface area contributed by atoms with Gasteiger partial charge in [0.2, 0.25) is 0 Å². The van der Waals surface area contributed by atoms with E-state index in [1.807, 2.05) is 5.32 Å². The second-order valence-electron chi connectivity index (χ2n) is 3.00. The molecule has 2 rings (SSSR count). The van der Waals surface area contributed by atoms with E-state index in [9.17, 15) is 18.8 Å². The Hall–Kier alpha value is -1.76. The Morgan fingerprint density at radius 1 is 1.25 bits per heavy atom. The number of amides is 4. The molecule has 0 bridgehead atoms. The van der Waals surface area contributed by atoms with E-state index < -0.39 is 23.7 Å². The van der Waals surface area contributed by atoms with E-state index in [0.717, 1.165) is 6.07 Å². The Kier molecular flexibility index (Phi) is 2.47. The largest absolute Gasteiger partial charge is 0.336 e. The number of carbonyl (C=O) groups is 3. The minimum Gasteiger partial charge on any atom is -0.269 e. The van der Waals surface area contributed by atoms with Crippen LogP contribution >= 0.6 is 15.9 Å². The average Bonchev–Trinajstić information content (AvgIpc) is 2.47. The molecule has 7 heteroatoms. The molecule has 1 fully saturated rings. The molecule has 1 aliphatic rings. The van der Waals surface area contributed by atoms with Crippen LogP contribution in [0.25, 0.3) is 0 Å². The van der Waals surface area contributed by atoms with Gasteiger partial charge in [0.25, 0.3) is 0 Å². The van der Waals surface area contributed by atoms with Gasteiger partial charge in [-0.1, -0.05) is 0 Å². The smallest absolute Gasteiger partial charge is 0.269 e. The molecule has 0 aromatic heterocycles. The van der Waals surface area contributed by atoms with Gasteiger partial charge in [0.1, 0.15) is 5.82 Å². The predicted molar refractivity (Wildman–Crippen MR) is 55.1 cm³/mol. The van der Waals surface area contributed by atoms with Gasteiger partial charge in [0.05, 0.1) is 10.2 Å². The number of nitrogens with one attached hydrogen (secondary N) is 1. The Morgan fingerprint density at radius 3 is 2.44 bits per heavy atom. The molecule has 1 saturated heterocycles. The van der Waals surface area contributed by atoms with Crippen LogP contribution in [0.3, 0.4) is 0 Å². The zero-order valence-corrected chi connectivity index (χ0v) is 9.25. The zero-order valence-electron chi connectivity index (χ0n) is 7.66. The topological polar surface area (TPSA) is 66.5 Å². The maximum Gasteiger partial charge on any atom is 0.336 e. The summed E-state index contributed by atoms with van der Waals surface area (Å²) < 4.78 is 13.0. The minimum atomic E-state index is -0.995. The summed E-state index contributed by atoms with van der Waals surface area (Å²) in [6.07, 6.45) is 0. The number of halogens is 2. The first-order valence-corrected chi connectivity index (χ1v) is 4.94. The van der Waals surface area contributed by atoms with Crippen LogP contribution in [0.2, 0.25) is 0 Å². The van der Waals surface area contributed by atoms with Crippen LogP contribution < -0.4 is 10.2 Å². The molecule has 0 aliphatic carbocycles. The maximum atomic E-state index is 12.9. The Morgan fingerprint density at radius 2 is 1.94 bits per heavy atom.